The van der Waals surface area contributed by atoms with Gasteiger partial charge in [0.2, 0.25) is 5.91 Å². The largest absolute Gasteiger partial charge is 0.481 e. The van der Waals surface area contributed by atoms with Gasteiger partial charge in [-0.2, -0.15) is 5.26 Å². The first-order valence-corrected chi connectivity index (χ1v) is 8.06. The van der Waals surface area contributed by atoms with Gasteiger partial charge in [0.15, 0.2) is 0 Å². The van der Waals surface area contributed by atoms with E-state index in [2.05, 4.69) is 6.07 Å². The second-order valence-electron chi connectivity index (χ2n) is 5.99. The normalized spacial score (nSPS) is 20.5. The van der Waals surface area contributed by atoms with E-state index in [0.29, 0.717) is 25.9 Å². The molecule has 1 aliphatic rings. The van der Waals surface area contributed by atoms with Crippen molar-refractivity contribution in [2.75, 3.05) is 6.54 Å². The van der Waals surface area contributed by atoms with Crippen molar-refractivity contribution in [3.63, 3.8) is 0 Å². The molecule has 0 aliphatic heterocycles. The van der Waals surface area contributed by atoms with Gasteiger partial charge in [0.05, 0.1) is 24.3 Å². The molecule has 0 aromatic heterocycles. The summed E-state index contributed by atoms with van der Waals surface area (Å²) in [6.07, 6.45) is 3.18. The molecule has 1 aromatic rings. The highest BCUT2D eigenvalue weighted by Crippen LogP contribution is 2.32. The van der Waals surface area contributed by atoms with Crippen molar-refractivity contribution >= 4 is 11.9 Å². The molecule has 1 aliphatic carbocycles. The van der Waals surface area contributed by atoms with E-state index < -0.39 is 17.8 Å². The van der Waals surface area contributed by atoms with Crippen LogP contribution in [0.4, 0.5) is 0 Å². The van der Waals surface area contributed by atoms with Crippen LogP contribution >= 0.6 is 0 Å². The van der Waals surface area contributed by atoms with Crippen LogP contribution < -0.4 is 0 Å². The fraction of sp³-hybridized carbons (Fsp3) is 0.500. The summed E-state index contributed by atoms with van der Waals surface area (Å²) in [7, 11) is 0. The summed E-state index contributed by atoms with van der Waals surface area (Å²) in [5, 5.41) is 18.2. The van der Waals surface area contributed by atoms with Crippen molar-refractivity contribution in [1.82, 2.24) is 4.90 Å². The zero-order valence-corrected chi connectivity index (χ0v) is 13.1. The molecule has 1 aromatic carbocycles. The van der Waals surface area contributed by atoms with Gasteiger partial charge in [-0.1, -0.05) is 43.2 Å². The van der Waals surface area contributed by atoms with Gasteiger partial charge < -0.3 is 10.0 Å². The Kier molecular flexibility index (Phi) is 6.16. The Balaban J connectivity index is 2.14. The number of aliphatic carboxylic acids is 1. The van der Waals surface area contributed by atoms with Crippen LogP contribution in [-0.2, 0) is 16.1 Å². The second kappa shape index (κ2) is 8.33. The zero-order chi connectivity index (χ0) is 16.7. The van der Waals surface area contributed by atoms with Gasteiger partial charge in [0.1, 0.15) is 0 Å². The van der Waals surface area contributed by atoms with Crippen LogP contribution in [0.2, 0.25) is 0 Å². The van der Waals surface area contributed by atoms with E-state index in [1.54, 1.807) is 4.90 Å². The Labute approximate surface area is 136 Å². The van der Waals surface area contributed by atoms with Gasteiger partial charge in [0.25, 0.3) is 0 Å². The lowest BCUT2D eigenvalue weighted by Crippen LogP contribution is -2.42. The molecule has 5 nitrogen and oxygen atoms in total. The highest BCUT2D eigenvalue weighted by Gasteiger charge is 2.37. The van der Waals surface area contributed by atoms with Crippen molar-refractivity contribution in [3.05, 3.63) is 35.9 Å². The minimum atomic E-state index is -0.886. The summed E-state index contributed by atoms with van der Waals surface area (Å²) in [5.74, 6) is -2.08. The first kappa shape index (κ1) is 17.0. The van der Waals surface area contributed by atoms with E-state index in [1.165, 1.54) is 0 Å². The Morgan fingerprint density at radius 2 is 1.83 bits per heavy atom. The molecule has 1 amide bonds. The van der Waals surface area contributed by atoms with Crippen LogP contribution in [0, 0.1) is 23.2 Å². The quantitative estimate of drug-likeness (QED) is 0.875. The number of nitriles is 1. The third-order valence-electron chi connectivity index (χ3n) is 4.42. The predicted molar refractivity (Wildman–Crippen MR) is 85.2 cm³/mol. The molecular formula is C18H22N2O3. The van der Waals surface area contributed by atoms with E-state index in [4.69, 9.17) is 5.26 Å². The number of hydrogen-bond donors (Lipinski definition) is 1. The van der Waals surface area contributed by atoms with E-state index in [0.717, 1.165) is 18.4 Å². The van der Waals surface area contributed by atoms with Crippen molar-refractivity contribution < 1.29 is 14.7 Å². The predicted octanol–water partition coefficient (Wildman–Crippen LogP) is 2.82. The number of carbonyl (C=O) groups excluding carboxylic acids is 1. The first-order chi connectivity index (χ1) is 11.1. The molecule has 2 unspecified atom stereocenters. The van der Waals surface area contributed by atoms with Crippen molar-refractivity contribution in [3.8, 4) is 6.07 Å². The number of hydrogen-bond acceptors (Lipinski definition) is 3. The van der Waals surface area contributed by atoms with Crippen LogP contribution in [0.1, 0.15) is 37.7 Å². The van der Waals surface area contributed by atoms with Crippen LogP contribution in [0.15, 0.2) is 30.3 Å². The fourth-order valence-corrected chi connectivity index (χ4v) is 3.21. The fourth-order valence-electron chi connectivity index (χ4n) is 3.21. The summed E-state index contributed by atoms with van der Waals surface area (Å²) >= 11 is 0. The smallest absolute Gasteiger partial charge is 0.307 e. The monoisotopic (exact) mass is 314 g/mol. The molecule has 1 N–H and O–H groups in total. The van der Waals surface area contributed by atoms with Crippen LogP contribution in [0.5, 0.6) is 0 Å². The van der Waals surface area contributed by atoms with Crippen molar-refractivity contribution in [2.24, 2.45) is 11.8 Å². The van der Waals surface area contributed by atoms with Crippen LogP contribution in [-0.4, -0.2) is 28.4 Å². The molecule has 1 saturated carbocycles. The summed E-state index contributed by atoms with van der Waals surface area (Å²) < 4.78 is 0. The molecule has 0 spiro atoms. The standard InChI is InChI=1S/C18H22N2O3/c19-11-6-12-20(13-14-7-2-1-3-8-14)17(21)15-9-4-5-10-16(15)18(22)23/h1-3,7-8,15-16H,4-6,9-10,12-13H2,(H,22,23). The average Bonchev–Trinajstić information content (AvgIpc) is 2.58. The molecule has 2 rings (SSSR count). The van der Waals surface area contributed by atoms with Crippen molar-refractivity contribution in [2.45, 2.75) is 38.6 Å². The van der Waals surface area contributed by atoms with Gasteiger partial charge in [-0.3, -0.25) is 9.59 Å². The number of rotatable bonds is 6. The minimum Gasteiger partial charge on any atom is -0.481 e. The van der Waals surface area contributed by atoms with Crippen LogP contribution in [0.25, 0.3) is 0 Å². The maximum atomic E-state index is 12.9. The number of carboxylic acid groups (broad SMARTS) is 1. The Morgan fingerprint density at radius 3 is 2.43 bits per heavy atom. The Morgan fingerprint density at radius 1 is 1.17 bits per heavy atom. The molecule has 0 saturated heterocycles. The number of amides is 1. The Bertz CT molecular complexity index is 580. The van der Waals surface area contributed by atoms with Crippen LogP contribution in [0.3, 0.4) is 0 Å². The lowest BCUT2D eigenvalue weighted by atomic mass is 9.78. The highest BCUT2D eigenvalue weighted by atomic mass is 16.4. The lowest BCUT2D eigenvalue weighted by Gasteiger charge is -2.32. The first-order valence-electron chi connectivity index (χ1n) is 8.06. The number of carbonyl (C=O) groups is 2. The topological polar surface area (TPSA) is 81.4 Å². The highest BCUT2D eigenvalue weighted by molar-refractivity contribution is 5.85. The second-order valence-corrected chi connectivity index (χ2v) is 5.99. The van der Waals surface area contributed by atoms with E-state index in [9.17, 15) is 14.7 Å². The minimum absolute atomic E-state index is 0.129. The summed E-state index contributed by atoms with van der Waals surface area (Å²) in [4.78, 5) is 26.0. The van der Waals surface area contributed by atoms with Gasteiger partial charge in [-0.15, -0.1) is 0 Å². The van der Waals surface area contributed by atoms with E-state index >= 15 is 0 Å². The SMILES string of the molecule is N#CCCN(Cc1ccccc1)C(=O)C1CCCCC1C(=O)O. The van der Waals surface area contributed by atoms with Gasteiger partial charge in [0, 0.05) is 13.1 Å². The maximum absolute atomic E-state index is 12.9. The third-order valence-corrected chi connectivity index (χ3v) is 4.42. The van der Waals surface area contributed by atoms with E-state index in [1.807, 2.05) is 30.3 Å². The molecular weight excluding hydrogens is 292 g/mol. The average molecular weight is 314 g/mol. The van der Waals surface area contributed by atoms with Gasteiger partial charge >= 0.3 is 5.97 Å². The number of nitrogens with zero attached hydrogens (tertiary/aromatic N) is 2. The summed E-state index contributed by atoms with van der Waals surface area (Å²) in [6.45, 7) is 0.761. The van der Waals surface area contributed by atoms with Crippen molar-refractivity contribution in [1.29, 1.82) is 5.26 Å². The molecule has 0 heterocycles. The molecule has 0 bridgehead atoms. The molecule has 2 atom stereocenters. The molecule has 5 heteroatoms. The number of benzene rings is 1. The molecule has 1 fully saturated rings. The zero-order valence-electron chi connectivity index (χ0n) is 13.1. The lowest BCUT2D eigenvalue weighted by molar-refractivity contribution is -0.152. The molecule has 122 valence electrons. The Hall–Kier alpha value is -2.35. The summed E-state index contributed by atoms with van der Waals surface area (Å²) in [6, 6.07) is 11.7. The molecule has 23 heavy (non-hydrogen) atoms. The van der Waals surface area contributed by atoms with Gasteiger partial charge in [-0.05, 0) is 18.4 Å². The summed E-state index contributed by atoms with van der Waals surface area (Å²) in [5.41, 5.74) is 0.987. The third kappa shape index (κ3) is 4.56. The maximum Gasteiger partial charge on any atom is 0.307 e. The van der Waals surface area contributed by atoms with Gasteiger partial charge in [-0.25, -0.2) is 0 Å². The number of carboxylic acids is 1. The molecule has 0 radical (unpaired) electrons. The van der Waals surface area contributed by atoms with E-state index in [-0.39, 0.29) is 12.3 Å².